The highest BCUT2D eigenvalue weighted by Crippen LogP contribution is 2.39. The molecule has 0 saturated carbocycles. The van der Waals surface area contributed by atoms with Crippen LogP contribution in [0.15, 0.2) is 36.5 Å². The van der Waals surface area contributed by atoms with Gasteiger partial charge in [-0.2, -0.15) is 4.72 Å². The van der Waals surface area contributed by atoms with Gasteiger partial charge < -0.3 is 19.9 Å². The maximum Gasteiger partial charge on any atom is 0.274 e. The predicted octanol–water partition coefficient (Wildman–Crippen LogP) is 1.39. The number of nitrogens with one attached hydrogen (secondary N) is 4. The Morgan fingerprint density at radius 3 is 2.97 bits per heavy atom. The molecule has 8 nitrogen and oxygen atoms in total. The summed E-state index contributed by atoms with van der Waals surface area (Å²) >= 11 is -1.60. The Morgan fingerprint density at radius 1 is 1.38 bits per heavy atom. The minimum atomic E-state index is -1.60. The van der Waals surface area contributed by atoms with Crippen LogP contribution in [0.2, 0.25) is 0 Å². The molecule has 0 spiro atoms. The zero-order chi connectivity index (χ0) is 20.6. The molecule has 11 heteroatoms. The van der Waals surface area contributed by atoms with Gasteiger partial charge in [0.2, 0.25) is 5.96 Å². The average Bonchev–Trinajstić information content (AvgIpc) is 2.69. The lowest BCUT2D eigenvalue weighted by molar-refractivity contribution is 0.0261. The molecule has 1 amide bonds. The zero-order valence-electron chi connectivity index (χ0n) is 15.0. The van der Waals surface area contributed by atoms with Gasteiger partial charge in [0.15, 0.2) is 5.25 Å². The van der Waals surface area contributed by atoms with E-state index in [1.54, 1.807) is 0 Å². The Bertz CT molecular complexity index is 961. The number of anilines is 1. The number of nitrogens with zero attached hydrogens (tertiary/aromatic N) is 1. The molecule has 2 aliphatic rings. The molecule has 2 unspecified atom stereocenters. The van der Waals surface area contributed by atoms with Crippen molar-refractivity contribution in [3.05, 3.63) is 59.4 Å². The highest BCUT2D eigenvalue weighted by atomic mass is 32.2. The smallest absolute Gasteiger partial charge is 0.274 e. The van der Waals surface area contributed by atoms with Gasteiger partial charge in [0.1, 0.15) is 22.9 Å². The molecule has 1 aromatic carbocycles. The molecule has 1 aromatic heterocycles. The van der Waals surface area contributed by atoms with Gasteiger partial charge in [-0.3, -0.25) is 10.2 Å². The Labute approximate surface area is 167 Å². The Balaban J connectivity index is 1.68. The van der Waals surface area contributed by atoms with E-state index in [9.17, 15) is 18.1 Å². The first-order valence-electron chi connectivity index (χ1n) is 8.74. The maximum absolute atomic E-state index is 14.8. The van der Waals surface area contributed by atoms with Crippen molar-refractivity contribution in [3.8, 4) is 0 Å². The van der Waals surface area contributed by atoms with Crippen LogP contribution < -0.4 is 15.4 Å². The number of carbonyl (C=O) groups is 1. The lowest BCUT2D eigenvalue weighted by Gasteiger charge is -2.47. The third-order valence-corrected chi connectivity index (χ3v) is 6.44. The van der Waals surface area contributed by atoms with Gasteiger partial charge in [0.25, 0.3) is 5.91 Å². The summed E-state index contributed by atoms with van der Waals surface area (Å²) in [5.74, 6) is -1.95. The second-order valence-corrected chi connectivity index (χ2v) is 8.08. The third kappa shape index (κ3) is 3.63. The van der Waals surface area contributed by atoms with E-state index in [0.29, 0.717) is 13.0 Å². The van der Waals surface area contributed by atoms with Crippen LogP contribution in [0.4, 0.5) is 14.5 Å². The van der Waals surface area contributed by atoms with Crippen molar-refractivity contribution < 1.29 is 22.9 Å². The molecular formula is C18H17F2N5O3S. The first-order chi connectivity index (χ1) is 13.9. The quantitative estimate of drug-likeness (QED) is 0.556. The summed E-state index contributed by atoms with van der Waals surface area (Å²) < 4.78 is 48.4. The lowest BCUT2D eigenvalue weighted by Crippen LogP contribution is -2.70. The molecule has 0 radical (unpaired) electrons. The molecular weight excluding hydrogens is 404 g/mol. The van der Waals surface area contributed by atoms with E-state index in [2.05, 4.69) is 20.3 Å². The predicted molar refractivity (Wildman–Crippen MR) is 102 cm³/mol. The molecule has 4 rings (SSSR count). The van der Waals surface area contributed by atoms with Crippen LogP contribution in [0.5, 0.6) is 0 Å². The van der Waals surface area contributed by atoms with Crippen molar-refractivity contribution in [3.63, 3.8) is 0 Å². The maximum atomic E-state index is 14.8. The first kappa shape index (κ1) is 19.6. The summed E-state index contributed by atoms with van der Waals surface area (Å²) in [6, 6.07) is 6.32. The number of pyridine rings is 1. The van der Waals surface area contributed by atoms with Crippen LogP contribution >= 0.6 is 0 Å². The minimum Gasteiger partial charge on any atom is -0.593 e. The fraction of sp³-hybridized carbons (Fsp3) is 0.278. The third-order valence-electron chi connectivity index (χ3n) is 4.88. The molecule has 3 heterocycles. The fourth-order valence-corrected chi connectivity index (χ4v) is 4.88. The number of hydrogen-bond donors (Lipinski definition) is 4. The number of ether oxygens (including phenoxy) is 1. The number of guanidine groups is 1. The number of benzene rings is 1. The molecule has 2 fully saturated rings. The number of halogens is 2. The highest BCUT2D eigenvalue weighted by molar-refractivity contribution is 7.90. The number of carbonyl (C=O) groups excluding carboxylic acids is 1. The van der Waals surface area contributed by atoms with Crippen molar-refractivity contribution >= 4 is 28.9 Å². The molecule has 152 valence electrons. The van der Waals surface area contributed by atoms with Gasteiger partial charge in [-0.15, -0.1) is 0 Å². The standard InChI is InChI=1S/C18H17F2N5O3S/c19-10-1-4-14(22-8-10)16(26)23-11-2-3-13(20)12(7-11)18-9-28-6-5-15(18)29(27)25-17(21)24-18/h1-4,7-8,15H,5-6,9H2,(H,23,26)(H3,21,24,25)/t15?,18-,29?/m1/s1. The number of fused-ring (bicyclic) bond motifs is 1. The summed E-state index contributed by atoms with van der Waals surface area (Å²) in [7, 11) is 0. The Morgan fingerprint density at radius 2 is 2.21 bits per heavy atom. The summed E-state index contributed by atoms with van der Waals surface area (Å²) in [6.07, 6.45) is 1.32. The molecule has 2 aromatic rings. The van der Waals surface area contributed by atoms with Gasteiger partial charge in [0, 0.05) is 17.7 Å². The van der Waals surface area contributed by atoms with E-state index in [0.717, 1.165) is 12.3 Å². The van der Waals surface area contributed by atoms with Crippen LogP contribution in [0.25, 0.3) is 0 Å². The molecule has 0 aliphatic carbocycles. The van der Waals surface area contributed by atoms with Crippen molar-refractivity contribution in [2.24, 2.45) is 0 Å². The van der Waals surface area contributed by atoms with Gasteiger partial charge in [-0.25, -0.2) is 13.8 Å². The minimum absolute atomic E-state index is 0.00260. The van der Waals surface area contributed by atoms with Gasteiger partial charge >= 0.3 is 0 Å². The van der Waals surface area contributed by atoms with Crippen molar-refractivity contribution in [2.75, 3.05) is 18.5 Å². The summed E-state index contributed by atoms with van der Waals surface area (Å²) in [4.78, 5) is 16.1. The summed E-state index contributed by atoms with van der Waals surface area (Å²) in [5.41, 5.74) is -0.817. The average molecular weight is 421 g/mol. The normalized spacial score (nSPS) is 26.1. The van der Waals surface area contributed by atoms with E-state index < -0.39 is 39.7 Å². The summed E-state index contributed by atoms with van der Waals surface area (Å²) in [6.45, 7) is 0.379. The van der Waals surface area contributed by atoms with Crippen molar-refractivity contribution in [2.45, 2.75) is 17.2 Å². The van der Waals surface area contributed by atoms with Gasteiger partial charge in [0.05, 0.1) is 30.8 Å². The van der Waals surface area contributed by atoms with Crippen molar-refractivity contribution in [1.29, 1.82) is 5.41 Å². The zero-order valence-corrected chi connectivity index (χ0v) is 15.8. The first-order valence-corrected chi connectivity index (χ1v) is 9.95. The van der Waals surface area contributed by atoms with Crippen LogP contribution in [-0.2, 0) is 21.6 Å². The van der Waals surface area contributed by atoms with E-state index in [1.807, 2.05) is 0 Å². The topological polar surface area (TPSA) is 122 Å². The van der Waals surface area contributed by atoms with E-state index in [4.69, 9.17) is 10.1 Å². The van der Waals surface area contributed by atoms with Gasteiger partial charge in [-0.1, -0.05) is 0 Å². The fourth-order valence-electron chi connectivity index (χ4n) is 3.56. The second-order valence-electron chi connectivity index (χ2n) is 6.71. The van der Waals surface area contributed by atoms with Crippen LogP contribution in [0, 0.1) is 17.0 Å². The number of rotatable bonds is 3. The molecule has 29 heavy (non-hydrogen) atoms. The molecule has 2 saturated heterocycles. The molecule has 3 atom stereocenters. The molecule has 4 N–H and O–H groups in total. The monoisotopic (exact) mass is 421 g/mol. The van der Waals surface area contributed by atoms with Crippen molar-refractivity contribution in [1.82, 2.24) is 15.0 Å². The van der Waals surface area contributed by atoms with E-state index in [-0.39, 0.29) is 29.5 Å². The van der Waals surface area contributed by atoms with E-state index in [1.165, 1.54) is 24.3 Å². The molecule has 2 aliphatic heterocycles. The number of aromatic nitrogens is 1. The van der Waals surface area contributed by atoms with E-state index >= 15 is 0 Å². The lowest BCUT2D eigenvalue weighted by atomic mass is 9.83. The Kier molecular flexibility index (Phi) is 5.11. The Hall–Kier alpha value is -2.76. The van der Waals surface area contributed by atoms with Crippen LogP contribution in [0.3, 0.4) is 0 Å². The SMILES string of the molecule is N=C1N[S+]([O-])C2CCOC[C@]2(c2cc(NC(=O)c3ccc(F)cn3)ccc2F)N1. The van der Waals surface area contributed by atoms with Crippen LogP contribution in [-0.4, -0.2) is 39.9 Å². The highest BCUT2D eigenvalue weighted by Gasteiger charge is 2.55. The number of amides is 1. The second kappa shape index (κ2) is 7.58. The molecule has 0 bridgehead atoms. The largest absolute Gasteiger partial charge is 0.593 e. The van der Waals surface area contributed by atoms with Crippen LogP contribution in [0.1, 0.15) is 22.5 Å². The summed E-state index contributed by atoms with van der Waals surface area (Å²) in [5, 5.41) is 12.8. The number of hydrogen-bond acceptors (Lipinski definition) is 5. The van der Waals surface area contributed by atoms with Gasteiger partial charge in [-0.05, 0) is 30.3 Å².